The van der Waals surface area contributed by atoms with E-state index in [2.05, 4.69) is 44.7 Å². The van der Waals surface area contributed by atoms with Crippen molar-refractivity contribution in [2.24, 2.45) is 0 Å². The fraction of sp³-hybridized carbons (Fsp3) is 0.938. The third-order valence-electron chi connectivity index (χ3n) is 11.4. The van der Waals surface area contributed by atoms with E-state index in [0.29, 0.717) is 39.1 Å². The molecule has 0 amide bonds. The van der Waals surface area contributed by atoms with Gasteiger partial charge in [0.05, 0.1) is 19.3 Å². The Balaban J connectivity index is 2.30. The van der Waals surface area contributed by atoms with Gasteiger partial charge in [0.15, 0.2) is 0 Å². The maximum Gasteiger partial charge on any atom is 0.323 e. The van der Waals surface area contributed by atoms with Crippen LogP contribution in [-0.4, -0.2) is 99.5 Å². The second-order valence-corrected chi connectivity index (χ2v) is 17.3. The van der Waals surface area contributed by atoms with E-state index in [1.54, 1.807) is 0 Å². The summed E-state index contributed by atoms with van der Waals surface area (Å²) in [6.07, 6.45) is 33.1. The van der Waals surface area contributed by atoms with Gasteiger partial charge in [-0.25, -0.2) is 0 Å². The Morgan fingerprint density at radius 1 is 0.561 bits per heavy atom. The van der Waals surface area contributed by atoms with Crippen LogP contribution in [0.3, 0.4) is 0 Å². The van der Waals surface area contributed by atoms with E-state index in [9.17, 15) is 14.4 Å². The van der Waals surface area contributed by atoms with Gasteiger partial charge in [-0.1, -0.05) is 143 Å². The van der Waals surface area contributed by atoms with Gasteiger partial charge in [-0.2, -0.15) is 0 Å². The standard InChI is InChI=1S/C48H92N2O7/c1-6-9-12-14-16-17-18-22-29-38-55-46(51)34-27-24-28-37-50-42-44(54-40-31-36-49(4)5)41-45(50)48(53)56-39-30-23-19-21-26-35-47(52)57-43(32-11-8-3)33-25-20-15-13-10-7-2/h43-45H,6-42H2,1-5H3/t43?,44?,45-/m0/s1. The van der Waals surface area contributed by atoms with Crippen molar-refractivity contribution in [3.63, 3.8) is 0 Å². The molecule has 3 atom stereocenters. The zero-order chi connectivity index (χ0) is 41.6. The molecular formula is C48H92N2O7. The number of hydrogen-bond acceptors (Lipinski definition) is 9. The largest absolute Gasteiger partial charge is 0.466 e. The molecule has 336 valence electrons. The summed E-state index contributed by atoms with van der Waals surface area (Å²) in [5.41, 5.74) is 0. The number of hydrogen-bond donors (Lipinski definition) is 0. The summed E-state index contributed by atoms with van der Waals surface area (Å²) < 4.78 is 23.4. The summed E-state index contributed by atoms with van der Waals surface area (Å²) in [5, 5.41) is 0. The third-order valence-corrected chi connectivity index (χ3v) is 11.4. The molecular weight excluding hydrogens is 717 g/mol. The Morgan fingerprint density at radius 3 is 1.68 bits per heavy atom. The molecule has 0 aromatic heterocycles. The number of nitrogens with zero attached hydrogens (tertiary/aromatic N) is 2. The minimum atomic E-state index is -0.279. The molecule has 1 heterocycles. The molecule has 1 aliphatic rings. The van der Waals surface area contributed by atoms with Crippen molar-refractivity contribution in [2.75, 3.05) is 53.6 Å². The summed E-state index contributed by atoms with van der Waals surface area (Å²) in [7, 11) is 4.14. The van der Waals surface area contributed by atoms with E-state index >= 15 is 0 Å². The SMILES string of the molecule is CCCCCCCCCCCOC(=O)CCCCCN1CC(OCCCN(C)C)C[C@H]1C(=O)OCCCCCCCC(=O)OC(CCCC)CCCCCCCC. The number of unbranched alkanes of at least 4 members (excludes halogenated alkanes) is 20. The summed E-state index contributed by atoms with van der Waals surface area (Å²) in [6.45, 7) is 10.9. The fourth-order valence-electron chi connectivity index (χ4n) is 7.80. The lowest BCUT2D eigenvalue weighted by Gasteiger charge is -2.22. The Bertz CT molecular complexity index is 948. The smallest absolute Gasteiger partial charge is 0.323 e. The van der Waals surface area contributed by atoms with E-state index in [1.165, 1.54) is 77.0 Å². The second-order valence-electron chi connectivity index (χ2n) is 17.3. The number of carbonyl (C=O) groups excluding carboxylic acids is 3. The van der Waals surface area contributed by atoms with Gasteiger partial charge < -0.3 is 23.8 Å². The fourth-order valence-corrected chi connectivity index (χ4v) is 7.80. The van der Waals surface area contributed by atoms with Gasteiger partial charge >= 0.3 is 17.9 Å². The summed E-state index contributed by atoms with van der Waals surface area (Å²) in [5.74, 6) is -0.272. The molecule has 0 aromatic carbocycles. The highest BCUT2D eigenvalue weighted by Gasteiger charge is 2.38. The Morgan fingerprint density at radius 2 is 1.07 bits per heavy atom. The first-order chi connectivity index (χ1) is 27.8. The Hall–Kier alpha value is -1.71. The van der Waals surface area contributed by atoms with Gasteiger partial charge in [0.1, 0.15) is 12.1 Å². The number of likely N-dealkylation sites (tertiary alicyclic amines) is 1. The van der Waals surface area contributed by atoms with Crippen molar-refractivity contribution >= 4 is 17.9 Å². The predicted molar refractivity (Wildman–Crippen MR) is 236 cm³/mol. The minimum Gasteiger partial charge on any atom is -0.466 e. The molecule has 0 saturated carbocycles. The normalized spacial score (nSPS) is 16.3. The molecule has 0 spiro atoms. The lowest BCUT2D eigenvalue weighted by atomic mass is 10.0. The van der Waals surface area contributed by atoms with Crippen LogP contribution in [0.4, 0.5) is 0 Å². The van der Waals surface area contributed by atoms with E-state index in [4.69, 9.17) is 18.9 Å². The maximum absolute atomic E-state index is 13.3. The highest BCUT2D eigenvalue weighted by molar-refractivity contribution is 5.76. The first kappa shape index (κ1) is 53.3. The molecule has 1 aliphatic heterocycles. The molecule has 57 heavy (non-hydrogen) atoms. The molecule has 2 unspecified atom stereocenters. The minimum absolute atomic E-state index is 0.0323. The number of rotatable bonds is 41. The lowest BCUT2D eigenvalue weighted by Crippen LogP contribution is -2.38. The highest BCUT2D eigenvalue weighted by Crippen LogP contribution is 2.23. The Kier molecular flexibility index (Phi) is 36.0. The van der Waals surface area contributed by atoms with Gasteiger partial charge in [0.25, 0.3) is 0 Å². The quantitative estimate of drug-likeness (QED) is 0.0340. The number of esters is 3. The van der Waals surface area contributed by atoms with Crippen LogP contribution in [0, 0.1) is 0 Å². The van der Waals surface area contributed by atoms with Gasteiger partial charge in [0.2, 0.25) is 0 Å². The average Bonchev–Trinajstić information content (AvgIpc) is 3.61. The molecule has 9 heteroatoms. The molecule has 0 bridgehead atoms. The number of carbonyl (C=O) groups is 3. The van der Waals surface area contributed by atoms with E-state index in [-0.39, 0.29) is 36.2 Å². The molecule has 0 N–H and O–H groups in total. The van der Waals surface area contributed by atoms with Crippen molar-refractivity contribution in [1.29, 1.82) is 0 Å². The zero-order valence-electron chi connectivity index (χ0n) is 38.1. The molecule has 9 nitrogen and oxygen atoms in total. The summed E-state index contributed by atoms with van der Waals surface area (Å²) in [4.78, 5) is 42.5. The molecule has 0 aliphatic carbocycles. The van der Waals surface area contributed by atoms with Crippen LogP contribution >= 0.6 is 0 Å². The van der Waals surface area contributed by atoms with Crippen molar-refractivity contribution in [3.8, 4) is 0 Å². The van der Waals surface area contributed by atoms with E-state index < -0.39 is 0 Å². The van der Waals surface area contributed by atoms with Crippen molar-refractivity contribution in [3.05, 3.63) is 0 Å². The topological polar surface area (TPSA) is 94.6 Å². The first-order valence-electron chi connectivity index (χ1n) is 24.3. The monoisotopic (exact) mass is 809 g/mol. The zero-order valence-corrected chi connectivity index (χ0v) is 38.1. The first-order valence-corrected chi connectivity index (χ1v) is 24.3. The van der Waals surface area contributed by atoms with Crippen LogP contribution in [0.1, 0.15) is 220 Å². The van der Waals surface area contributed by atoms with Crippen LogP contribution in [0.2, 0.25) is 0 Å². The molecule has 0 aromatic rings. The number of ether oxygens (including phenoxy) is 4. The van der Waals surface area contributed by atoms with Gasteiger partial charge in [-0.15, -0.1) is 0 Å². The van der Waals surface area contributed by atoms with Crippen LogP contribution in [0.5, 0.6) is 0 Å². The highest BCUT2D eigenvalue weighted by atomic mass is 16.5. The summed E-state index contributed by atoms with van der Waals surface area (Å²) >= 11 is 0. The van der Waals surface area contributed by atoms with E-state index in [0.717, 1.165) is 122 Å². The molecule has 1 saturated heterocycles. The molecule has 1 rings (SSSR count). The van der Waals surface area contributed by atoms with Crippen LogP contribution in [0.15, 0.2) is 0 Å². The van der Waals surface area contributed by atoms with Crippen molar-refractivity contribution in [2.45, 2.75) is 238 Å². The predicted octanol–water partition coefficient (Wildman–Crippen LogP) is 11.8. The van der Waals surface area contributed by atoms with Gasteiger partial charge in [-0.05, 0) is 85.0 Å². The maximum atomic E-state index is 13.3. The van der Waals surface area contributed by atoms with Gasteiger partial charge in [0, 0.05) is 32.4 Å². The Labute approximate surface area is 351 Å². The van der Waals surface area contributed by atoms with Crippen molar-refractivity contribution < 1.29 is 33.3 Å². The van der Waals surface area contributed by atoms with Crippen LogP contribution in [0.25, 0.3) is 0 Å². The van der Waals surface area contributed by atoms with E-state index in [1.807, 2.05) is 0 Å². The summed E-state index contributed by atoms with van der Waals surface area (Å²) in [6, 6.07) is -0.279. The van der Waals surface area contributed by atoms with Crippen LogP contribution < -0.4 is 0 Å². The third kappa shape index (κ3) is 31.8. The van der Waals surface area contributed by atoms with Crippen molar-refractivity contribution in [1.82, 2.24) is 9.80 Å². The molecule has 0 radical (unpaired) electrons. The van der Waals surface area contributed by atoms with Crippen LogP contribution in [-0.2, 0) is 33.3 Å². The molecule has 1 fully saturated rings. The average molecular weight is 809 g/mol. The lowest BCUT2D eigenvalue weighted by molar-refractivity contribution is -0.150. The second kappa shape index (κ2) is 38.5. The van der Waals surface area contributed by atoms with Gasteiger partial charge in [-0.3, -0.25) is 19.3 Å².